The number of nitro benzene ring substituents is 1. The summed E-state index contributed by atoms with van der Waals surface area (Å²) in [4.78, 5) is 22.4. The molecule has 1 fully saturated rings. The number of rotatable bonds is 7. The topological polar surface area (TPSA) is 125 Å². The second kappa shape index (κ2) is 8.19. The molecule has 0 atom stereocenters. The van der Waals surface area contributed by atoms with Gasteiger partial charge in [-0.2, -0.15) is 5.10 Å². The lowest BCUT2D eigenvalue weighted by atomic mass is 10.1. The van der Waals surface area contributed by atoms with Crippen LogP contribution in [-0.4, -0.2) is 43.2 Å². The number of nitro groups is 1. The second-order valence-electron chi connectivity index (χ2n) is 6.14. The van der Waals surface area contributed by atoms with E-state index in [0.717, 1.165) is 0 Å². The molecule has 148 valence electrons. The van der Waals surface area contributed by atoms with Crippen LogP contribution in [0.5, 0.6) is 5.75 Å². The van der Waals surface area contributed by atoms with Gasteiger partial charge in [-0.1, -0.05) is 0 Å². The van der Waals surface area contributed by atoms with Crippen LogP contribution < -0.4 is 10.2 Å². The molecule has 28 heavy (non-hydrogen) atoms. The van der Waals surface area contributed by atoms with Crippen molar-refractivity contribution in [2.24, 2.45) is 5.10 Å². The predicted octanol–water partition coefficient (Wildman–Crippen LogP) is 2.47. The van der Waals surface area contributed by atoms with Crippen LogP contribution in [0.15, 0.2) is 39.9 Å². The minimum absolute atomic E-state index is 0.0125. The van der Waals surface area contributed by atoms with Crippen LogP contribution >= 0.6 is 0 Å². The van der Waals surface area contributed by atoms with E-state index in [4.69, 9.17) is 18.6 Å². The lowest BCUT2D eigenvalue weighted by Gasteiger charge is -2.20. The summed E-state index contributed by atoms with van der Waals surface area (Å²) in [7, 11) is 1.46. The molecule has 1 aliphatic heterocycles. The third kappa shape index (κ3) is 4.53. The Morgan fingerprint density at radius 3 is 2.79 bits per heavy atom. The highest BCUT2D eigenvalue weighted by Gasteiger charge is 2.33. The molecule has 1 aliphatic rings. The SMILES string of the molecule is COc1ccc([N+](=O)[O-])cc1-c1ccc(/C=N\NC(=O)CC2(C)OCCO2)o1. The van der Waals surface area contributed by atoms with Gasteiger partial charge in [-0.05, 0) is 25.1 Å². The highest BCUT2D eigenvalue weighted by Crippen LogP contribution is 2.34. The quantitative estimate of drug-likeness (QED) is 0.438. The average molecular weight is 389 g/mol. The number of hydrogen-bond acceptors (Lipinski definition) is 8. The van der Waals surface area contributed by atoms with Crippen LogP contribution in [0.4, 0.5) is 5.69 Å². The molecular weight excluding hydrogens is 370 g/mol. The molecule has 1 aromatic carbocycles. The molecule has 2 heterocycles. The lowest BCUT2D eigenvalue weighted by molar-refractivity contribution is -0.384. The maximum absolute atomic E-state index is 11.9. The van der Waals surface area contributed by atoms with Gasteiger partial charge in [0.2, 0.25) is 5.91 Å². The molecule has 1 N–H and O–H groups in total. The van der Waals surface area contributed by atoms with Gasteiger partial charge < -0.3 is 18.6 Å². The number of hydrazone groups is 1. The van der Waals surface area contributed by atoms with E-state index in [1.807, 2.05) is 0 Å². The monoisotopic (exact) mass is 389 g/mol. The first-order chi connectivity index (χ1) is 13.4. The molecule has 3 rings (SSSR count). The van der Waals surface area contributed by atoms with Gasteiger partial charge in [0.25, 0.3) is 5.69 Å². The van der Waals surface area contributed by atoms with E-state index in [2.05, 4.69) is 10.5 Å². The number of carbonyl (C=O) groups excluding carboxylic acids is 1. The zero-order valence-corrected chi connectivity index (χ0v) is 15.3. The first kappa shape index (κ1) is 19.5. The van der Waals surface area contributed by atoms with Crippen LogP contribution in [0.1, 0.15) is 19.1 Å². The number of non-ortho nitro benzene ring substituents is 1. The van der Waals surface area contributed by atoms with E-state index in [9.17, 15) is 14.9 Å². The number of nitrogens with zero attached hydrogens (tertiary/aromatic N) is 2. The number of nitrogens with one attached hydrogen (secondary N) is 1. The Morgan fingerprint density at radius 1 is 1.36 bits per heavy atom. The van der Waals surface area contributed by atoms with Crippen molar-refractivity contribution in [1.29, 1.82) is 0 Å². The number of hydrogen-bond donors (Lipinski definition) is 1. The highest BCUT2D eigenvalue weighted by atomic mass is 16.7. The van der Waals surface area contributed by atoms with Crippen molar-refractivity contribution in [3.63, 3.8) is 0 Å². The van der Waals surface area contributed by atoms with Gasteiger partial charge >= 0.3 is 0 Å². The number of amides is 1. The molecule has 10 heteroatoms. The van der Waals surface area contributed by atoms with Crippen LogP contribution in [0, 0.1) is 10.1 Å². The molecule has 0 spiro atoms. The Bertz CT molecular complexity index is 900. The molecule has 0 saturated carbocycles. The fourth-order valence-electron chi connectivity index (χ4n) is 2.73. The van der Waals surface area contributed by atoms with E-state index < -0.39 is 10.7 Å². The summed E-state index contributed by atoms with van der Waals surface area (Å²) >= 11 is 0. The van der Waals surface area contributed by atoms with Crippen LogP contribution in [-0.2, 0) is 14.3 Å². The van der Waals surface area contributed by atoms with Gasteiger partial charge in [0, 0.05) is 12.1 Å². The summed E-state index contributed by atoms with van der Waals surface area (Å²) in [6.45, 7) is 2.58. The third-order valence-electron chi connectivity index (χ3n) is 4.05. The van der Waals surface area contributed by atoms with Crippen molar-refractivity contribution in [1.82, 2.24) is 5.43 Å². The van der Waals surface area contributed by atoms with E-state index in [1.54, 1.807) is 19.1 Å². The molecular formula is C18H19N3O7. The molecule has 0 aliphatic carbocycles. The minimum atomic E-state index is -0.934. The van der Waals surface area contributed by atoms with Crippen LogP contribution in [0.25, 0.3) is 11.3 Å². The lowest BCUT2D eigenvalue weighted by Crippen LogP contribution is -2.33. The summed E-state index contributed by atoms with van der Waals surface area (Å²) in [6, 6.07) is 7.46. The fourth-order valence-corrected chi connectivity index (χ4v) is 2.73. The van der Waals surface area contributed by atoms with Gasteiger partial charge in [0.1, 0.15) is 17.3 Å². The standard InChI is InChI=1S/C18H19N3O7/c1-18(26-7-8-27-18)10-17(22)20-19-11-13-4-6-16(28-13)14-9-12(21(23)24)3-5-15(14)25-2/h3-6,9,11H,7-8,10H2,1-2H3,(H,20,22)/b19-11-. The van der Waals surface area contributed by atoms with Gasteiger partial charge in [-0.3, -0.25) is 14.9 Å². The van der Waals surface area contributed by atoms with E-state index in [-0.39, 0.29) is 18.0 Å². The largest absolute Gasteiger partial charge is 0.496 e. The molecule has 0 unspecified atom stereocenters. The first-order valence-electron chi connectivity index (χ1n) is 8.43. The molecule has 2 aromatic rings. The second-order valence-corrected chi connectivity index (χ2v) is 6.14. The molecule has 10 nitrogen and oxygen atoms in total. The smallest absolute Gasteiger partial charge is 0.270 e. The Balaban J connectivity index is 1.67. The summed E-state index contributed by atoms with van der Waals surface area (Å²) in [5, 5.41) is 14.8. The third-order valence-corrected chi connectivity index (χ3v) is 4.05. The number of furan rings is 1. The van der Waals surface area contributed by atoms with E-state index in [1.165, 1.54) is 31.5 Å². The molecule has 0 radical (unpaired) electrons. The van der Waals surface area contributed by atoms with Gasteiger partial charge in [-0.15, -0.1) is 0 Å². The fraction of sp³-hybridized carbons (Fsp3) is 0.333. The maximum Gasteiger partial charge on any atom is 0.270 e. The van der Waals surface area contributed by atoms with Crippen LogP contribution in [0.3, 0.4) is 0 Å². The zero-order chi connectivity index (χ0) is 20.1. The summed E-state index contributed by atoms with van der Waals surface area (Å²) in [6.07, 6.45) is 1.34. The number of carbonyl (C=O) groups is 1. The summed E-state index contributed by atoms with van der Waals surface area (Å²) < 4.78 is 21.6. The maximum atomic E-state index is 11.9. The normalized spacial score (nSPS) is 15.6. The Kier molecular flexibility index (Phi) is 5.71. The summed E-state index contributed by atoms with van der Waals surface area (Å²) in [5.41, 5.74) is 2.73. The first-order valence-corrected chi connectivity index (χ1v) is 8.43. The predicted molar refractivity (Wildman–Crippen MR) is 98.0 cm³/mol. The van der Waals surface area contributed by atoms with Crippen molar-refractivity contribution < 1.29 is 28.3 Å². The molecule has 1 saturated heterocycles. The van der Waals surface area contributed by atoms with Crippen molar-refractivity contribution in [2.75, 3.05) is 20.3 Å². The van der Waals surface area contributed by atoms with Crippen molar-refractivity contribution in [3.8, 4) is 17.1 Å². The highest BCUT2D eigenvalue weighted by molar-refractivity contribution is 5.81. The molecule has 1 aromatic heterocycles. The van der Waals surface area contributed by atoms with Gasteiger partial charge in [0.15, 0.2) is 5.79 Å². The number of ether oxygens (including phenoxy) is 3. The minimum Gasteiger partial charge on any atom is -0.496 e. The molecule has 0 bridgehead atoms. The summed E-state index contributed by atoms with van der Waals surface area (Å²) in [5.74, 6) is -0.151. The number of benzene rings is 1. The van der Waals surface area contributed by atoms with Crippen LogP contribution in [0.2, 0.25) is 0 Å². The van der Waals surface area contributed by atoms with Gasteiger partial charge in [0.05, 0.1) is 43.4 Å². The molecule has 1 amide bonds. The Morgan fingerprint density at radius 2 is 2.11 bits per heavy atom. The number of methoxy groups -OCH3 is 1. The van der Waals surface area contributed by atoms with Crippen molar-refractivity contribution in [2.45, 2.75) is 19.1 Å². The average Bonchev–Trinajstić information content (AvgIpc) is 3.30. The van der Waals surface area contributed by atoms with Crippen molar-refractivity contribution in [3.05, 3.63) is 46.2 Å². The van der Waals surface area contributed by atoms with Crippen molar-refractivity contribution >= 4 is 17.8 Å². The van der Waals surface area contributed by atoms with E-state index >= 15 is 0 Å². The Hall–Kier alpha value is -3.24. The zero-order valence-electron chi connectivity index (χ0n) is 15.3. The van der Waals surface area contributed by atoms with Gasteiger partial charge in [-0.25, -0.2) is 5.43 Å². The van der Waals surface area contributed by atoms with E-state index in [0.29, 0.717) is 36.0 Å². The Labute approximate surface area is 160 Å².